The van der Waals surface area contributed by atoms with Crippen molar-refractivity contribution in [3.63, 3.8) is 0 Å². The van der Waals surface area contributed by atoms with Crippen molar-refractivity contribution >= 4 is 51.6 Å². The maximum atomic E-state index is 12.5. The van der Waals surface area contributed by atoms with E-state index >= 15 is 0 Å². The average molecular weight is 480 g/mol. The Morgan fingerprint density at radius 2 is 1.76 bits per heavy atom. The fourth-order valence-corrected chi connectivity index (χ4v) is 4.41. The molecule has 0 bridgehead atoms. The predicted molar refractivity (Wildman–Crippen MR) is 132 cm³/mol. The minimum Gasteiger partial charge on any atom is -0.345 e. The molecule has 33 heavy (non-hydrogen) atoms. The minimum atomic E-state index is -0.282. The normalized spacial score (nSPS) is 10.8. The number of nitrogens with zero attached hydrogens (tertiary/aromatic N) is 3. The van der Waals surface area contributed by atoms with E-state index in [-0.39, 0.29) is 24.1 Å². The highest BCUT2D eigenvalue weighted by atomic mass is 35.5. The third-order valence-electron chi connectivity index (χ3n) is 5.00. The summed E-state index contributed by atoms with van der Waals surface area (Å²) in [6.45, 7) is 2.77. The SMILES string of the molecule is CCn1c(CNC(=O)c2ccccc2Cl)nnc1SCC(=O)Nc1ccc2ccccc2c1. The molecule has 4 aromatic rings. The number of carbonyl (C=O) groups is 2. The number of nitrogens with one attached hydrogen (secondary N) is 2. The van der Waals surface area contributed by atoms with Gasteiger partial charge in [0.05, 0.1) is 22.9 Å². The van der Waals surface area contributed by atoms with Crippen LogP contribution in [0, 0.1) is 0 Å². The van der Waals surface area contributed by atoms with E-state index in [4.69, 9.17) is 11.6 Å². The van der Waals surface area contributed by atoms with Gasteiger partial charge in [-0.3, -0.25) is 9.59 Å². The Kier molecular flexibility index (Phi) is 7.26. The second kappa shape index (κ2) is 10.5. The lowest BCUT2D eigenvalue weighted by Crippen LogP contribution is -2.25. The Morgan fingerprint density at radius 3 is 2.55 bits per heavy atom. The van der Waals surface area contributed by atoms with Crippen molar-refractivity contribution in [3.8, 4) is 0 Å². The minimum absolute atomic E-state index is 0.130. The number of hydrogen-bond acceptors (Lipinski definition) is 5. The number of amides is 2. The Bertz CT molecular complexity index is 1310. The van der Waals surface area contributed by atoms with E-state index in [1.165, 1.54) is 11.8 Å². The first-order valence-electron chi connectivity index (χ1n) is 10.4. The molecular formula is C24H22ClN5O2S. The van der Waals surface area contributed by atoms with Crippen molar-refractivity contribution < 1.29 is 9.59 Å². The van der Waals surface area contributed by atoms with Crippen LogP contribution in [0.1, 0.15) is 23.1 Å². The van der Waals surface area contributed by atoms with Crippen LogP contribution in [0.4, 0.5) is 5.69 Å². The van der Waals surface area contributed by atoms with Gasteiger partial charge in [-0.25, -0.2) is 0 Å². The van der Waals surface area contributed by atoms with Gasteiger partial charge in [0.25, 0.3) is 5.91 Å². The number of carbonyl (C=O) groups excluding carboxylic acids is 2. The molecule has 0 aliphatic heterocycles. The number of benzene rings is 3. The summed E-state index contributed by atoms with van der Waals surface area (Å²) >= 11 is 7.39. The van der Waals surface area contributed by atoms with E-state index in [1.54, 1.807) is 24.3 Å². The van der Waals surface area contributed by atoms with Crippen molar-refractivity contribution in [3.05, 3.63) is 83.1 Å². The second-order valence-electron chi connectivity index (χ2n) is 7.20. The maximum Gasteiger partial charge on any atom is 0.253 e. The van der Waals surface area contributed by atoms with Gasteiger partial charge in [-0.1, -0.05) is 65.8 Å². The topological polar surface area (TPSA) is 88.9 Å². The molecule has 7 nitrogen and oxygen atoms in total. The zero-order chi connectivity index (χ0) is 23.2. The van der Waals surface area contributed by atoms with Gasteiger partial charge in [0.2, 0.25) is 5.91 Å². The van der Waals surface area contributed by atoms with Crippen LogP contribution < -0.4 is 10.6 Å². The highest BCUT2D eigenvalue weighted by Crippen LogP contribution is 2.21. The molecule has 0 atom stereocenters. The molecule has 0 unspecified atom stereocenters. The molecule has 0 spiro atoms. The number of fused-ring (bicyclic) bond motifs is 1. The third-order valence-corrected chi connectivity index (χ3v) is 6.30. The largest absolute Gasteiger partial charge is 0.345 e. The molecule has 2 N–H and O–H groups in total. The molecular weight excluding hydrogens is 458 g/mol. The van der Waals surface area contributed by atoms with Crippen LogP contribution in [0.25, 0.3) is 10.8 Å². The lowest BCUT2D eigenvalue weighted by Gasteiger charge is -2.09. The third kappa shape index (κ3) is 5.53. The molecule has 1 heterocycles. The van der Waals surface area contributed by atoms with Crippen LogP contribution in [0.15, 0.2) is 71.9 Å². The summed E-state index contributed by atoms with van der Waals surface area (Å²) in [6, 6.07) is 20.7. The maximum absolute atomic E-state index is 12.5. The van der Waals surface area contributed by atoms with Crippen molar-refractivity contribution in [1.82, 2.24) is 20.1 Å². The van der Waals surface area contributed by atoms with Crippen LogP contribution >= 0.6 is 23.4 Å². The van der Waals surface area contributed by atoms with E-state index < -0.39 is 0 Å². The number of aromatic nitrogens is 3. The van der Waals surface area contributed by atoms with Gasteiger partial charge in [-0.2, -0.15) is 0 Å². The molecule has 0 saturated heterocycles. The van der Waals surface area contributed by atoms with Crippen LogP contribution in [0.3, 0.4) is 0 Å². The zero-order valence-electron chi connectivity index (χ0n) is 17.9. The highest BCUT2D eigenvalue weighted by Gasteiger charge is 2.15. The molecule has 9 heteroatoms. The summed E-state index contributed by atoms with van der Waals surface area (Å²) < 4.78 is 1.88. The van der Waals surface area contributed by atoms with Gasteiger partial charge < -0.3 is 15.2 Å². The zero-order valence-corrected chi connectivity index (χ0v) is 19.5. The summed E-state index contributed by atoms with van der Waals surface area (Å²) in [7, 11) is 0. The Balaban J connectivity index is 1.35. The summed E-state index contributed by atoms with van der Waals surface area (Å²) in [4.78, 5) is 24.9. The molecule has 0 radical (unpaired) electrons. The second-order valence-corrected chi connectivity index (χ2v) is 8.55. The standard InChI is InChI=1S/C24H22ClN5O2S/c1-2-30-21(14-26-23(32)19-9-5-6-10-20(19)25)28-29-24(30)33-15-22(31)27-18-12-11-16-7-3-4-8-17(16)13-18/h3-13H,2,14-15H2,1H3,(H,26,32)(H,27,31). The lowest BCUT2D eigenvalue weighted by atomic mass is 10.1. The molecule has 0 aliphatic carbocycles. The summed E-state index contributed by atoms with van der Waals surface area (Å²) in [6.07, 6.45) is 0. The van der Waals surface area contributed by atoms with E-state index in [9.17, 15) is 9.59 Å². The molecule has 0 fully saturated rings. The molecule has 3 aromatic carbocycles. The van der Waals surface area contributed by atoms with Gasteiger partial charge in [0.1, 0.15) is 0 Å². The van der Waals surface area contributed by atoms with Crippen LogP contribution in [0.2, 0.25) is 5.02 Å². The monoisotopic (exact) mass is 479 g/mol. The van der Waals surface area contributed by atoms with Gasteiger partial charge in [-0.15, -0.1) is 10.2 Å². The fourth-order valence-electron chi connectivity index (χ4n) is 3.37. The number of hydrogen-bond donors (Lipinski definition) is 2. The van der Waals surface area contributed by atoms with Crippen LogP contribution in [0.5, 0.6) is 0 Å². The van der Waals surface area contributed by atoms with Gasteiger partial charge in [0.15, 0.2) is 11.0 Å². The van der Waals surface area contributed by atoms with Crippen molar-refractivity contribution in [2.24, 2.45) is 0 Å². The van der Waals surface area contributed by atoms with Crippen molar-refractivity contribution in [2.75, 3.05) is 11.1 Å². The number of rotatable bonds is 8. The number of anilines is 1. The molecule has 1 aromatic heterocycles. The van der Waals surface area contributed by atoms with Crippen molar-refractivity contribution in [1.29, 1.82) is 0 Å². The van der Waals surface area contributed by atoms with E-state index in [0.717, 1.165) is 16.5 Å². The Hall–Kier alpha value is -3.36. The summed E-state index contributed by atoms with van der Waals surface area (Å²) in [5.41, 5.74) is 1.15. The number of thioether (sulfide) groups is 1. The Morgan fingerprint density at radius 1 is 1.00 bits per heavy atom. The van der Waals surface area contributed by atoms with E-state index in [0.29, 0.717) is 28.1 Å². The highest BCUT2D eigenvalue weighted by molar-refractivity contribution is 7.99. The van der Waals surface area contributed by atoms with Crippen LogP contribution in [-0.2, 0) is 17.9 Å². The van der Waals surface area contributed by atoms with E-state index in [2.05, 4.69) is 20.8 Å². The summed E-state index contributed by atoms with van der Waals surface area (Å²) in [5, 5.41) is 17.3. The Labute approximate surface area is 200 Å². The summed E-state index contributed by atoms with van der Waals surface area (Å²) in [5.74, 6) is 0.386. The van der Waals surface area contributed by atoms with E-state index in [1.807, 2.05) is 54.0 Å². The first-order chi connectivity index (χ1) is 16.0. The molecule has 4 rings (SSSR count). The average Bonchev–Trinajstić information content (AvgIpc) is 3.23. The molecule has 0 aliphatic rings. The first-order valence-corrected chi connectivity index (χ1v) is 11.8. The van der Waals surface area contributed by atoms with Gasteiger partial charge in [-0.05, 0) is 42.0 Å². The molecule has 0 saturated carbocycles. The first kappa shape index (κ1) is 22.8. The molecule has 2 amide bonds. The fraction of sp³-hybridized carbons (Fsp3) is 0.167. The van der Waals surface area contributed by atoms with Crippen LogP contribution in [-0.4, -0.2) is 32.3 Å². The van der Waals surface area contributed by atoms with Crippen molar-refractivity contribution in [2.45, 2.75) is 25.2 Å². The van der Waals surface area contributed by atoms with Gasteiger partial charge in [0, 0.05) is 12.2 Å². The number of halogens is 1. The molecule has 168 valence electrons. The quantitative estimate of drug-likeness (QED) is 0.355. The van der Waals surface area contributed by atoms with Gasteiger partial charge >= 0.3 is 0 Å². The lowest BCUT2D eigenvalue weighted by molar-refractivity contribution is -0.113. The predicted octanol–water partition coefficient (Wildman–Crippen LogP) is 4.77. The smallest absolute Gasteiger partial charge is 0.253 e.